The van der Waals surface area contributed by atoms with E-state index in [9.17, 15) is 18.4 Å². The van der Waals surface area contributed by atoms with Gasteiger partial charge in [0.15, 0.2) is 14.0 Å². The highest BCUT2D eigenvalue weighted by Crippen LogP contribution is 2.36. The van der Waals surface area contributed by atoms with Crippen LogP contribution >= 0.6 is 15.9 Å². The molecule has 4 aromatic rings. The van der Waals surface area contributed by atoms with E-state index in [-0.39, 0.29) is 29.9 Å². The lowest BCUT2D eigenvalue weighted by Gasteiger charge is -2.36. The highest BCUT2D eigenvalue weighted by molar-refractivity contribution is 9.10. The molecule has 14 heteroatoms. The zero-order valence-corrected chi connectivity index (χ0v) is 32.6. The lowest BCUT2D eigenvalue weighted by atomic mass is 10.1. The average molecular weight is 778 g/mol. The fourth-order valence-corrected chi connectivity index (χ4v) is 6.12. The average Bonchev–Trinajstić information content (AvgIpc) is 3.63. The van der Waals surface area contributed by atoms with Gasteiger partial charge in [-0.3, -0.25) is 9.36 Å². The Labute approximate surface area is 302 Å². The van der Waals surface area contributed by atoms with Gasteiger partial charge in [0.25, 0.3) is 0 Å². The molecular formula is C36H47BrF2N4O6Si. The van der Waals surface area contributed by atoms with Crippen LogP contribution in [0.2, 0.25) is 18.1 Å². The van der Waals surface area contributed by atoms with Crippen LogP contribution in [0.15, 0.2) is 59.1 Å². The Morgan fingerprint density at radius 1 is 0.780 bits per heavy atom. The van der Waals surface area contributed by atoms with E-state index in [1.54, 1.807) is 53.5 Å². The number of hydrogen-bond donors (Lipinski definition) is 0. The standard InChI is InChI=1S/C20H29FN2O3Si.C16H18BrFN2O3/c1-7-25-19(24)18-14-17(15-8-10-16(21)11-9-15)22-23(18)12-13-26-27(5,6)20(2,3)4;1-3-22-10-9-20-15(16(21)23-4-2)13(17)14(19-20)11-5-7-12(18)8-6-11/h8-11,14H,7,12-13H2,1-6H3;5-8H,3-4,9-10H2,1-2H3. The van der Waals surface area contributed by atoms with Gasteiger partial charge in [0.2, 0.25) is 0 Å². The number of benzene rings is 2. The van der Waals surface area contributed by atoms with E-state index in [1.807, 2.05) is 6.92 Å². The molecule has 0 aliphatic carbocycles. The summed E-state index contributed by atoms with van der Waals surface area (Å²) < 4.78 is 51.7. The minimum Gasteiger partial charge on any atom is -0.461 e. The Balaban J connectivity index is 0.000000274. The van der Waals surface area contributed by atoms with Crippen LogP contribution in [0.4, 0.5) is 8.78 Å². The number of halogens is 3. The quantitative estimate of drug-likeness (QED) is 0.0713. The Hall–Kier alpha value is -3.72. The van der Waals surface area contributed by atoms with Gasteiger partial charge in [-0.05, 0) is 109 Å². The second-order valence-electron chi connectivity index (χ2n) is 12.6. The second kappa shape index (κ2) is 18.5. The zero-order chi connectivity index (χ0) is 37.1. The first-order valence-electron chi connectivity index (χ1n) is 16.5. The molecule has 2 aromatic heterocycles. The van der Waals surface area contributed by atoms with Crippen molar-refractivity contribution < 1.29 is 37.0 Å². The molecule has 4 rings (SSSR count). The smallest absolute Gasteiger partial charge is 0.357 e. The Morgan fingerprint density at radius 3 is 1.86 bits per heavy atom. The maximum Gasteiger partial charge on any atom is 0.357 e. The Bertz CT molecular complexity index is 1700. The molecular weight excluding hydrogens is 730 g/mol. The van der Waals surface area contributed by atoms with Crippen LogP contribution in [0.1, 0.15) is 62.5 Å². The van der Waals surface area contributed by atoms with Gasteiger partial charge >= 0.3 is 11.9 Å². The van der Waals surface area contributed by atoms with Crippen LogP contribution in [0.5, 0.6) is 0 Å². The first-order chi connectivity index (χ1) is 23.6. The first kappa shape index (κ1) is 40.7. The van der Waals surface area contributed by atoms with Crippen LogP contribution in [0.3, 0.4) is 0 Å². The zero-order valence-electron chi connectivity index (χ0n) is 30.0. The molecule has 0 unspecified atom stereocenters. The molecule has 272 valence electrons. The van der Waals surface area contributed by atoms with Crippen molar-refractivity contribution in [2.24, 2.45) is 0 Å². The number of aromatic nitrogens is 4. The SMILES string of the molecule is CCOC(=O)c1cc(-c2ccc(F)cc2)nn1CCO[Si](C)(C)C(C)(C)C.CCOCCn1nc(-c2ccc(F)cc2)c(Br)c1C(=O)OCC. The summed E-state index contributed by atoms with van der Waals surface area (Å²) in [6.07, 6.45) is 0. The molecule has 2 aromatic carbocycles. The molecule has 0 N–H and O–H groups in total. The summed E-state index contributed by atoms with van der Waals surface area (Å²) >= 11 is 3.42. The number of nitrogens with zero attached hydrogens (tertiary/aromatic N) is 4. The monoisotopic (exact) mass is 776 g/mol. The predicted molar refractivity (Wildman–Crippen MR) is 194 cm³/mol. The highest BCUT2D eigenvalue weighted by atomic mass is 79.9. The third-order valence-electron chi connectivity index (χ3n) is 8.11. The van der Waals surface area contributed by atoms with Gasteiger partial charge in [-0.1, -0.05) is 20.8 Å². The molecule has 0 spiro atoms. The van der Waals surface area contributed by atoms with Crippen molar-refractivity contribution in [1.82, 2.24) is 19.6 Å². The third-order valence-corrected chi connectivity index (χ3v) is 13.4. The van der Waals surface area contributed by atoms with Crippen molar-refractivity contribution in [1.29, 1.82) is 0 Å². The van der Waals surface area contributed by atoms with Gasteiger partial charge in [0.05, 0.1) is 49.7 Å². The van der Waals surface area contributed by atoms with Gasteiger partial charge < -0.3 is 18.6 Å². The van der Waals surface area contributed by atoms with E-state index < -0.39 is 20.3 Å². The number of hydrogen-bond acceptors (Lipinski definition) is 8. The largest absolute Gasteiger partial charge is 0.461 e. The van der Waals surface area contributed by atoms with Gasteiger partial charge in [0.1, 0.15) is 23.0 Å². The van der Waals surface area contributed by atoms with Gasteiger partial charge in [-0.15, -0.1) is 0 Å². The van der Waals surface area contributed by atoms with E-state index in [0.717, 1.165) is 5.56 Å². The Morgan fingerprint density at radius 2 is 1.32 bits per heavy atom. The maximum absolute atomic E-state index is 13.2. The summed E-state index contributed by atoms with van der Waals surface area (Å²) in [7, 11) is -1.88. The van der Waals surface area contributed by atoms with Crippen LogP contribution in [0.25, 0.3) is 22.5 Å². The summed E-state index contributed by atoms with van der Waals surface area (Å²) in [6.45, 7) is 19.2. The Kier molecular flexibility index (Phi) is 15.1. The number of rotatable bonds is 14. The van der Waals surface area contributed by atoms with Crippen molar-refractivity contribution in [3.63, 3.8) is 0 Å². The fourth-order valence-electron chi connectivity index (χ4n) is 4.41. The molecule has 50 heavy (non-hydrogen) atoms. The summed E-state index contributed by atoms with van der Waals surface area (Å²) in [5, 5.41) is 9.09. The number of ether oxygens (including phenoxy) is 3. The number of carbonyl (C=O) groups is 2. The molecule has 2 heterocycles. The van der Waals surface area contributed by atoms with E-state index in [1.165, 1.54) is 24.3 Å². The lowest BCUT2D eigenvalue weighted by Crippen LogP contribution is -2.41. The highest BCUT2D eigenvalue weighted by Gasteiger charge is 2.37. The summed E-state index contributed by atoms with van der Waals surface area (Å²) in [6, 6.07) is 13.6. The van der Waals surface area contributed by atoms with Crippen LogP contribution in [-0.4, -0.2) is 72.9 Å². The normalized spacial score (nSPS) is 11.6. The summed E-state index contributed by atoms with van der Waals surface area (Å²) in [4.78, 5) is 24.5. The number of esters is 2. The molecule has 0 radical (unpaired) electrons. The van der Waals surface area contributed by atoms with Gasteiger partial charge in [-0.2, -0.15) is 10.2 Å². The second-order valence-corrected chi connectivity index (χ2v) is 18.2. The van der Waals surface area contributed by atoms with Crippen molar-refractivity contribution >= 4 is 36.2 Å². The summed E-state index contributed by atoms with van der Waals surface area (Å²) in [5.74, 6) is -1.53. The molecule has 0 fully saturated rings. The lowest BCUT2D eigenvalue weighted by molar-refractivity contribution is 0.0498. The van der Waals surface area contributed by atoms with E-state index in [0.29, 0.717) is 65.7 Å². The van der Waals surface area contributed by atoms with E-state index >= 15 is 0 Å². The molecule has 0 aliphatic rings. The first-order valence-corrected chi connectivity index (χ1v) is 20.3. The molecule has 0 aliphatic heterocycles. The fraction of sp³-hybridized carbons (Fsp3) is 0.444. The molecule has 0 bridgehead atoms. The van der Waals surface area contributed by atoms with Crippen LogP contribution in [0, 0.1) is 11.6 Å². The maximum atomic E-state index is 13.2. The van der Waals surface area contributed by atoms with Gasteiger partial charge in [0, 0.05) is 17.7 Å². The van der Waals surface area contributed by atoms with Gasteiger partial charge in [-0.25, -0.2) is 18.4 Å². The molecule has 0 amide bonds. The van der Waals surface area contributed by atoms with E-state index in [2.05, 4.69) is 60.0 Å². The predicted octanol–water partition coefficient (Wildman–Crippen LogP) is 8.55. The van der Waals surface area contributed by atoms with Crippen LogP contribution < -0.4 is 0 Å². The minimum absolute atomic E-state index is 0.111. The van der Waals surface area contributed by atoms with Crippen LogP contribution in [-0.2, 0) is 31.7 Å². The van der Waals surface area contributed by atoms with Crippen molar-refractivity contribution in [3.8, 4) is 22.5 Å². The van der Waals surface area contributed by atoms with Crippen molar-refractivity contribution in [2.75, 3.05) is 33.0 Å². The molecule has 10 nitrogen and oxygen atoms in total. The number of carbonyl (C=O) groups excluding carboxylic acids is 2. The topological polar surface area (TPSA) is 107 Å². The van der Waals surface area contributed by atoms with Crippen molar-refractivity contribution in [2.45, 2.75) is 72.8 Å². The molecule has 0 saturated carbocycles. The molecule has 0 atom stereocenters. The summed E-state index contributed by atoms with van der Waals surface area (Å²) in [5.41, 5.74) is 3.31. The minimum atomic E-state index is -1.88. The third kappa shape index (κ3) is 10.9. The van der Waals surface area contributed by atoms with Crippen molar-refractivity contribution in [3.05, 3.63) is 82.1 Å². The van der Waals surface area contributed by atoms with E-state index in [4.69, 9.17) is 18.6 Å². The molecule has 0 saturated heterocycles.